The van der Waals surface area contributed by atoms with Crippen LogP contribution in [0, 0.1) is 0 Å². The summed E-state index contributed by atoms with van der Waals surface area (Å²) in [7, 11) is 4.01. The zero-order valence-electron chi connectivity index (χ0n) is 13.1. The van der Waals surface area contributed by atoms with Crippen molar-refractivity contribution in [3.8, 4) is 5.88 Å². The van der Waals surface area contributed by atoms with Gasteiger partial charge in [-0.3, -0.25) is 4.79 Å². The van der Waals surface area contributed by atoms with Gasteiger partial charge < -0.3 is 15.0 Å². The number of carbonyl (C=O) groups excluding carboxylic acids is 1. The molecule has 1 unspecified atom stereocenters. The van der Waals surface area contributed by atoms with Crippen molar-refractivity contribution in [2.24, 2.45) is 0 Å². The first-order valence-electron chi connectivity index (χ1n) is 7.23. The van der Waals surface area contributed by atoms with E-state index in [-0.39, 0.29) is 12.0 Å². The molecule has 1 aromatic rings. The highest BCUT2D eigenvalue weighted by atomic mass is 16.5. The summed E-state index contributed by atoms with van der Waals surface area (Å²) in [6, 6.07) is 3.37. The lowest BCUT2D eigenvalue weighted by molar-refractivity contribution is 0.0954. The van der Waals surface area contributed by atoms with Crippen LogP contribution in [-0.2, 0) is 0 Å². The third kappa shape index (κ3) is 6.40. The number of rotatable bonds is 9. The number of amides is 1. The van der Waals surface area contributed by atoms with Crippen LogP contribution in [0.25, 0.3) is 0 Å². The minimum absolute atomic E-state index is 0.0231. The van der Waals surface area contributed by atoms with Crippen LogP contribution in [0.2, 0.25) is 0 Å². The number of carbonyl (C=O) groups is 1. The molecule has 0 aliphatic heterocycles. The molecule has 0 aromatic carbocycles. The summed E-state index contributed by atoms with van der Waals surface area (Å²) >= 11 is 0. The normalized spacial score (nSPS) is 12.0. The lowest BCUT2D eigenvalue weighted by Gasteiger charge is -2.21. The van der Waals surface area contributed by atoms with Crippen LogP contribution in [-0.4, -0.2) is 49.1 Å². The smallest absolute Gasteiger partial charge is 0.251 e. The Morgan fingerprint density at radius 3 is 2.95 bits per heavy atom. The highest BCUT2D eigenvalue weighted by Gasteiger charge is 2.13. The fourth-order valence-electron chi connectivity index (χ4n) is 1.95. The molecular weight excluding hydrogens is 266 g/mol. The fraction of sp³-hybridized carbons (Fsp3) is 0.500. The van der Waals surface area contributed by atoms with Crippen LogP contribution in [0.4, 0.5) is 0 Å². The molecular formula is C16H25N3O2. The number of hydrogen-bond acceptors (Lipinski definition) is 4. The molecule has 0 fully saturated rings. The van der Waals surface area contributed by atoms with E-state index in [9.17, 15) is 4.79 Å². The average Bonchev–Trinajstić information content (AvgIpc) is 2.44. The first kappa shape index (κ1) is 17.2. The molecule has 1 rings (SSSR count). The van der Waals surface area contributed by atoms with Gasteiger partial charge in [0.1, 0.15) is 6.10 Å². The van der Waals surface area contributed by atoms with E-state index in [1.165, 1.54) is 0 Å². The molecule has 0 aliphatic carbocycles. The first-order chi connectivity index (χ1) is 10.1. The molecule has 5 nitrogen and oxygen atoms in total. The third-order valence-corrected chi connectivity index (χ3v) is 2.88. The second-order valence-corrected chi connectivity index (χ2v) is 5.11. The number of nitrogens with one attached hydrogen (secondary N) is 1. The van der Waals surface area contributed by atoms with E-state index in [1.807, 2.05) is 27.1 Å². The molecule has 116 valence electrons. The minimum Gasteiger partial charge on any atom is -0.473 e. The van der Waals surface area contributed by atoms with E-state index in [2.05, 4.69) is 21.8 Å². The third-order valence-electron chi connectivity index (χ3n) is 2.88. The quantitative estimate of drug-likeness (QED) is 0.708. The van der Waals surface area contributed by atoms with Crippen LogP contribution in [0.1, 0.15) is 30.1 Å². The van der Waals surface area contributed by atoms with Gasteiger partial charge in [0, 0.05) is 30.9 Å². The van der Waals surface area contributed by atoms with Gasteiger partial charge in [-0.1, -0.05) is 6.08 Å². The van der Waals surface area contributed by atoms with E-state index in [0.717, 1.165) is 19.4 Å². The Hall–Kier alpha value is -1.88. The molecule has 1 aromatic heterocycles. The number of aromatic nitrogens is 1. The molecule has 0 saturated carbocycles. The Bertz CT molecular complexity index is 461. The van der Waals surface area contributed by atoms with Gasteiger partial charge in [0.2, 0.25) is 5.88 Å². The maximum Gasteiger partial charge on any atom is 0.251 e. The van der Waals surface area contributed by atoms with E-state index >= 15 is 0 Å². The molecule has 0 spiro atoms. The van der Waals surface area contributed by atoms with Crippen molar-refractivity contribution in [1.29, 1.82) is 0 Å². The lowest BCUT2D eigenvalue weighted by Crippen LogP contribution is -2.31. The van der Waals surface area contributed by atoms with E-state index in [1.54, 1.807) is 18.3 Å². The van der Waals surface area contributed by atoms with Crippen molar-refractivity contribution in [2.45, 2.75) is 25.9 Å². The van der Waals surface area contributed by atoms with Crippen molar-refractivity contribution in [3.63, 3.8) is 0 Å². The summed E-state index contributed by atoms with van der Waals surface area (Å²) in [4.78, 5) is 18.1. The lowest BCUT2D eigenvalue weighted by atomic mass is 10.2. The van der Waals surface area contributed by atoms with Crippen molar-refractivity contribution in [1.82, 2.24) is 15.2 Å². The molecule has 1 atom stereocenters. The van der Waals surface area contributed by atoms with Gasteiger partial charge >= 0.3 is 0 Å². The molecule has 1 N–H and O–H groups in total. The molecule has 0 radical (unpaired) electrons. The highest BCUT2D eigenvalue weighted by molar-refractivity contribution is 5.94. The van der Waals surface area contributed by atoms with E-state index in [4.69, 9.17) is 4.74 Å². The largest absolute Gasteiger partial charge is 0.473 e. The standard InChI is InChI=1S/C16H25N3O2/c1-5-7-8-14(12-19(3)4)21-15-11-13(9-10-18-15)16(20)17-6-2/h5,9-11,14H,1,6-8,12H2,2-4H3,(H,17,20). The topological polar surface area (TPSA) is 54.5 Å². The summed E-state index contributed by atoms with van der Waals surface area (Å²) in [5, 5.41) is 2.77. The Balaban J connectivity index is 2.75. The second kappa shape index (κ2) is 9.13. The molecule has 0 aliphatic rings. The van der Waals surface area contributed by atoms with Gasteiger partial charge in [-0.15, -0.1) is 6.58 Å². The molecule has 21 heavy (non-hydrogen) atoms. The van der Waals surface area contributed by atoms with Gasteiger partial charge in [-0.25, -0.2) is 4.98 Å². The van der Waals surface area contributed by atoms with E-state index < -0.39 is 0 Å². The summed E-state index contributed by atoms with van der Waals surface area (Å²) < 4.78 is 5.92. The summed E-state index contributed by atoms with van der Waals surface area (Å²) in [6.07, 6.45) is 5.25. The Labute approximate surface area is 127 Å². The van der Waals surface area contributed by atoms with Gasteiger partial charge in [0.05, 0.1) is 0 Å². The number of nitrogens with zero attached hydrogens (tertiary/aromatic N) is 2. The number of pyridine rings is 1. The number of likely N-dealkylation sites (N-methyl/N-ethyl adjacent to an activating group) is 1. The number of allylic oxidation sites excluding steroid dienone is 1. The second-order valence-electron chi connectivity index (χ2n) is 5.11. The monoisotopic (exact) mass is 291 g/mol. The van der Waals surface area contributed by atoms with Crippen LogP contribution < -0.4 is 10.1 Å². The Morgan fingerprint density at radius 1 is 1.57 bits per heavy atom. The highest BCUT2D eigenvalue weighted by Crippen LogP contribution is 2.14. The predicted molar refractivity (Wildman–Crippen MR) is 84.6 cm³/mol. The molecule has 1 amide bonds. The Kier molecular flexibility index (Phi) is 7.46. The molecule has 5 heteroatoms. The van der Waals surface area contributed by atoms with Gasteiger partial charge in [0.25, 0.3) is 5.91 Å². The van der Waals surface area contributed by atoms with Gasteiger partial charge in [-0.05, 0) is 39.9 Å². The van der Waals surface area contributed by atoms with Crippen LogP contribution in [0.5, 0.6) is 5.88 Å². The summed E-state index contributed by atoms with van der Waals surface area (Å²) in [5.41, 5.74) is 0.564. The first-order valence-corrected chi connectivity index (χ1v) is 7.23. The number of ether oxygens (including phenoxy) is 1. The van der Waals surface area contributed by atoms with Crippen molar-refractivity contribution in [2.75, 3.05) is 27.2 Å². The SMILES string of the molecule is C=CCCC(CN(C)C)Oc1cc(C(=O)NCC)ccn1. The van der Waals surface area contributed by atoms with Crippen molar-refractivity contribution in [3.05, 3.63) is 36.5 Å². The Morgan fingerprint density at radius 2 is 2.33 bits per heavy atom. The molecule has 0 bridgehead atoms. The van der Waals surface area contributed by atoms with E-state index in [0.29, 0.717) is 18.0 Å². The summed E-state index contributed by atoms with van der Waals surface area (Å²) in [6.45, 7) is 7.02. The van der Waals surface area contributed by atoms with Crippen LogP contribution >= 0.6 is 0 Å². The molecule has 0 saturated heterocycles. The maximum absolute atomic E-state index is 11.8. The van der Waals surface area contributed by atoms with Crippen LogP contribution in [0.3, 0.4) is 0 Å². The van der Waals surface area contributed by atoms with Gasteiger partial charge in [0.15, 0.2) is 0 Å². The van der Waals surface area contributed by atoms with Gasteiger partial charge in [-0.2, -0.15) is 0 Å². The minimum atomic E-state index is -0.111. The predicted octanol–water partition coefficient (Wildman–Crippen LogP) is 2.11. The summed E-state index contributed by atoms with van der Waals surface area (Å²) in [5.74, 6) is 0.370. The van der Waals surface area contributed by atoms with Crippen molar-refractivity contribution >= 4 is 5.91 Å². The zero-order valence-corrected chi connectivity index (χ0v) is 13.1. The van der Waals surface area contributed by atoms with Crippen molar-refractivity contribution < 1.29 is 9.53 Å². The number of hydrogen-bond donors (Lipinski definition) is 1. The molecule has 1 heterocycles. The maximum atomic E-state index is 11.8. The zero-order chi connectivity index (χ0) is 15.7. The average molecular weight is 291 g/mol. The van der Waals surface area contributed by atoms with Crippen LogP contribution in [0.15, 0.2) is 31.0 Å². The fourth-order valence-corrected chi connectivity index (χ4v) is 1.95.